The fourth-order valence-electron chi connectivity index (χ4n) is 1.28. The standard InChI is InChI=1S/C13H21NO3/c1-2-8-17-14-9-13(15)11-16-10-12-6-4-3-5-7-12/h3-7,13-15H,2,8-11H2,1H3. The second-order valence-corrected chi connectivity index (χ2v) is 3.85. The van der Waals surface area contributed by atoms with E-state index in [4.69, 9.17) is 9.57 Å². The van der Waals surface area contributed by atoms with Crippen LogP contribution in [0.15, 0.2) is 30.3 Å². The van der Waals surface area contributed by atoms with Crippen LogP contribution in [0, 0.1) is 0 Å². The number of rotatable bonds is 9. The molecule has 0 fully saturated rings. The first kappa shape index (κ1) is 14.1. The molecule has 0 aliphatic rings. The molecule has 1 aromatic rings. The summed E-state index contributed by atoms with van der Waals surface area (Å²) in [6, 6.07) is 9.89. The van der Waals surface area contributed by atoms with Gasteiger partial charge in [0.05, 0.1) is 25.9 Å². The molecule has 4 nitrogen and oxygen atoms in total. The molecule has 0 aliphatic heterocycles. The number of nitrogens with one attached hydrogen (secondary N) is 1. The first-order valence-corrected chi connectivity index (χ1v) is 5.97. The number of hydrogen-bond donors (Lipinski definition) is 2. The van der Waals surface area contributed by atoms with Gasteiger partial charge in [-0.15, -0.1) is 0 Å². The molecule has 0 amide bonds. The van der Waals surface area contributed by atoms with Gasteiger partial charge in [-0.1, -0.05) is 37.3 Å². The quantitative estimate of drug-likeness (QED) is 0.506. The average molecular weight is 239 g/mol. The molecule has 0 saturated heterocycles. The normalized spacial score (nSPS) is 12.6. The Morgan fingerprint density at radius 3 is 2.76 bits per heavy atom. The lowest BCUT2D eigenvalue weighted by Crippen LogP contribution is -2.30. The van der Waals surface area contributed by atoms with Gasteiger partial charge in [0.15, 0.2) is 0 Å². The molecule has 0 bridgehead atoms. The van der Waals surface area contributed by atoms with Crippen molar-refractivity contribution in [1.29, 1.82) is 0 Å². The Balaban J connectivity index is 2.02. The van der Waals surface area contributed by atoms with Crippen LogP contribution in [-0.2, 0) is 16.2 Å². The Morgan fingerprint density at radius 1 is 1.29 bits per heavy atom. The first-order chi connectivity index (χ1) is 8.33. The zero-order chi connectivity index (χ0) is 12.3. The molecule has 0 saturated carbocycles. The topological polar surface area (TPSA) is 50.7 Å². The predicted molar refractivity (Wildman–Crippen MR) is 66.4 cm³/mol. The fraction of sp³-hybridized carbons (Fsp3) is 0.538. The zero-order valence-electron chi connectivity index (χ0n) is 10.3. The van der Waals surface area contributed by atoms with Crippen LogP contribution in [0.3, 0.4) is 0 Å². The molecule has 2 N–H and O–H groups in total. The molecule has 0 heterocycles. The second kappa shape index (κ2) is 9.13. The van der Waals surface area contributed by atoms with Crippen molar-refractivity contribution in [2.24, 2.45) is 0 Å². The van der Waals surface area contributed by atoms with Crippen LogP contribution in [-0.4, -0.2) is 31.0 Å². The van der Waals surface area contributed by atoms with E-state index in [1.807, 2.05) is 37.3 Å². The van der Waals surface area contributed by atoms with Crippen molar-refractivity contribution in [2.75, 3.05) is 19.8 Å². The minimum Gasteiger partial charge on any atom is -0.389 e. The highest BCUT2D eigenvalue weighted by molar-refractivity contribution is 5.13. The van der Waals surface area contributed by atoms with Gasteiger partial charge in [-0.25, -0.2) is 0 Å². The van der Waals surface area contributed by atoms with Crippen LogP contribution in [0.25, 0.3) is 0 Å². The highest BCUT2D eigenvalue weighted by atomic mass is 16.6. The van der Waals surface area contributed by atoms with Crippen LogP contribution in [0.4, 0.5) is 0 Å². The highest BCUT2D eigenvalue weighted by Crippen LogP contribution is 2.00. The summed E-state index contributed by atoms with van der Waals surface area (Å²) in [5.41, 5.74) is 3.81. The van der Waals surface area contributed by atoms with Crippen LogP contribution >= 0.6 is 0 Å². The molecule has 0 spiro atoms. The maximum absolute atomic E-state index is 9.56. The summed E-state index contributed by atoms with van der Waals surface area (Å²) in [5.74, 6) is 0. The van der Waals surface area contributed by atoms with Crippen molar-refractivity contribution in [3.8, 4) is 0 Å². The molecule has 0 aliphatic carbocycles. The maximum atomic E-state index is 9.56. The Labute approximate surface area is 103 Å². The van der Waals surface area contributed by atoms with E-state index in [9.17, 15) is 5.11 Å². The number of hydrogen-bond acceptors (Lipinski definition) is 4. The zero-order valence-corrected chi connectivity index (χ0v) is 10.3. The maximum Gasteiger partial charge on any atom is 0.0921 e. The molecule has 1 aromatic carbocycles. The number of benzene rings is 1. The summed E-state index contributed by atoms with van der Waals surface area (Å²) >= 11 is 0. The van der Waals surface area contributed by atoms with E-state index >= 15 is 0 Å². The van der Waals surface area contributed by atoms with E-state index in [0.717, 1.165) is 12.0 Å². The van der Waals surface area contributed by atoms with Crippen molar-refractivity contribution in [2.45, 2.75) is 26.1 Å². The Morgan fingerprint density at radius 2 is 2.06 bits per heavy atom. The summed E-state index contributed by atoms with van der Waals surface area (Å²) in [4.78, 5) is 5.05. The minimum atomic E-state index is -0.546. The van der Waals surface area contributed by atoms with E-state index in [-0.39, 0.29) is 0 Å². The Bertz CT molecular complexity index is 279. The van der Waals surface area contributed by atoms with Gasteiger partial charge in [0.1, 0.15) is 0 Å². The smallest absolute Gasteiger partial charge is 0.0921 e. The lowest BCUT2D eigenvalue weighted by molar-refractivity contribution is -0.0181. The van der Waals surface area contributed by atoms with Gasteiger partial charge in [-0.2, -0.15) is 5.48 Å². The molecule has 17 heavy (non-hydrogen) atoms. The predicted octanol–water partition coefficient (Wildman–Crippen LogP) is 1.50. The van der Waals surface area contributed by atoms with Crippen molar-refractivity contribution >= 4 is 0 Å². The van der Waals surface area contributed by atoms with Crippen molar-refractivity contribution < 1.29 is 14.7 Å². The van der Waals surface area contributed by atoms with Gasteiger partial charge in [0, 0.05) is 6.54 Å². The Hall–Kier alpha value is -0.940. The molecule has 96 valence electrons. The van der Waals surface area contributed by atoms with E-state index in [2.05, 4.69) is 5.48 Å². The van der Waals surface area contributed by atoms with Crippen LogP contribution in [0.1, 0.15) is 18.9 Å². The molecule has 1 unspecified atom stereocenters. The molecule has 1 rings (SSSR count). The number of ether oxygens (including phenoxy) is 1. The van der Waals surface area contributed by atoms with Crippen molar-refractivity contribution in [3.63, 3.8) is 0 Å². The Kier molecular flexibility index (Phi) is 7.58. The third-order valence-corrected chi connectivity index (χ3v) is 2.15. The first-order valence-electron chi connectivity index (χ1n) is 5.97. The summed E-state index contributed by atoms with van der Waals surface area (Å²) in [7, 11) is 0. The highest BCUT2D eigenvalue weighted by Gasteiger charge is 2.03. The molecule has 1 atom stereocenters. The number of hydroxylamine groups is 1. The lowest BCUT2D eigenvalue weighted by atomic mass is 10.2. The third-order valence-electron chi connectivity index (χ3n) is 2.15. The lowest BCUT2D eigenvalue weighted by Gasteiger charge is -2.12. The van der Waals surface area contributed by atoms with Crippen LogP contribution < -0.4 is 5.48 Å². The molecular formula is C13H21NO3. The van der Waals surface area contributed by atoms with E-state index in [0.29, 0.717) is 26.4 Å². The monoisotopic (exact) mass is 239 g/mol. The summed E-state index contributed by atoms with van der Waals surface area (Å²) in [6.45, 7) is 3.89. The number of aliphatic hydroxyl groups is 1. The van der Waals surface area contributed by atoms with Crippen molar-refractivity contribution in [1.82, 2.24) is 5.48 Å². The van der Waals surface area contributed by atoms with Gasteiger partial charge in [0.25, 0.3) is 0 Å². The summed E-state index contributed by atoms with van der Waals surface area (Å²) < 4.78 is 5.39. The van der Waals surface area contributed by atoms with E-state index in [1.165, 1.54) is 0 Å². The largest absolute Gasteiger partial charge is 0.389 e. The van der Waals surface area contributed by atoms with Gasteiger partial charge in [-0.3, -0.25) is 0 Å². The van der Waals surface area contributed by atoms with Gasteiger partial charge < -0.3 is 14.7 Å². The molecule has 0 radical (unpaired) electrons. The number of aliphatic hydroxyl groups excluding tert-OH is 1. The van der Waals surface area contributed by atoms with Crippen molar-refractivity contribution in [3.05, 3.63) is 35.9 Å². The van der Waals surface area contributed by atoms with E-state index in [1.54, 1.807) is 0 Å². The van der Waals surface area contributed by atoms with Crippen LogP contribution in [0.2, 0.25) is 0 Å². The minimum absolute atomic E-state index is 0.303. The van der Waals surface area contributed by atoms with Gasteiger partial charge >= 0.3 is 0 Å². The van der Waals surface area contributed by atoms with Gasteiger partial charge in [0.2, 0.25) is 0 Å². The fourth-order valence-corrected chi connectivity index (χ4v) is 1.28. The molecule has 0 aromatic heterocycles. The summed E-state index contributed by atoms with van der Waals surface area (Å²) in [6.07, 6.45) is 0.406. The SMILES string of the molecule is CCCONCC(O)COCc1ccccc1. The van der Waals surface area contributed by atoms with Crippen LogP contribution in [0.5, 0.6) is 0 Å². The van der Waals surface area contributed by atoms with Gasteiger partial charge in [-0.05, 0) is 12.0 Å². The third kappa shape index (κ3) is 7.07. The molecular weight excluding hydrogens is 218 g/mol. The summed E-state index contributed by atoms with van der Waals surface area (Å²) in [5, 5.41) is 9.56. The average Bonchev–Trinajstić information content (AvgIpc) is 2.36. The van der Waals surface area contributed by atoms with E-state index < -0.39 is 6.10 Å². The second-order valence-electron chi connectivity index (χ2n) is 3.85. The molecule has 4 heteroatoms.